The summed E-state index contributed by atoms with van der Waals surface area (Å²) >= 11 is 3.22. The molecule has 0 aliphatic rings. The Balaban J connectivity index is 3.06. The number of rotatable bonds is 1. The predicted molar refractivity (Wildman–Crippen MR) is 43.5 cm³/mol. The van der Waals surface area contributed by atoms with E-state index >= 15 is 0 Å². The van der Waals surface area contributed by atoms with Crippen LogP contribution in [0, 0.1) is 0 Å². The monoisotopic (exact) mass is 201 g/mol. The molecule has 0 unspecified atom stereocenters. The first-order valence-corrected chi connectivity index (χ1v) is 3.80. The van der Waals surface area contributed by atoms with Gasteiger partial charge in [0, 0.05) is 12.5 Å². The van der Waals surface area contributed by atoms with Gasteiger partial charge in [-0.3, -0.25) is 0 Å². The number of nitrogen functional groups attached to an aromatic ring is 1. The fraction of sp³-hybridized carbons (Fsp3) is 0.333. The van der Waals surface area contributed by atoms with Crippen molar-refractivity contribution in [3.8, 4) is 0 Å². The Kier molecular flexibility index (Phi) is 2.21. The zero-order valence-corrected chi connectivity index (χ0v) is 7.22. The molecule has 0 saturated heterocycles. The summed E-state index contributed by atoms with van der Waals surface area (Å²) in [5.41, 5.74) is 5.45. The van der Waals surface area contributed by atoms with Crippen LogP contribution in [0.25, 0.3) is 0 Å². The van der Waals surface area contributed by atoms with Crippen LogP contribution >= 0.6 is 15.9 Å². The molecule has 0 amide bonds. The summed E-state index contributed by atoms with van der Waals surface area (Å²) in [4.78, 5) is 8.07. The summed E-state index contributed by atoms with van der Waals surface area (Å²) in [5, 5.41) is 0. The van der Waals surface area contributed by atoms with Crippen LogP contribution in [0.1, 0.15) is 12.7 Å². The molecule has 0 atom stereocenters. The summed E-state index contributed by atoms with van der Waals surface area (Å²) in [5.74, 6) is 1.28. The van der Waals surface area contributed by atoms with Crippen molar-refractivity contribution in [2.45, 2.75) is 13.3 Å². The molecule has 0 aliphatic carbocycles. The lowest BCUT2D eigenvalue weighted by Crippen LogP contribution is -1.97. The smallest absolute Gasteiger partial charge is 0.131 e. The maximum absolute atomic E-state index is 5.45. The predicted octanol–water partition coefficient (Wildman–Crippen LogP) is 1.38. The Morgan fingerprint density at radius 3 is 2.80 bits per heavy atom. The van der Waals surface area contributed by atoms with Gasteiger partial charge in [0.15, 0.2) is 0 Å². The molecule has 10 heavy (non-hydrogen) atoms. The van der Waals surface area contributed by atoms with E-state index in [1.54, 1.807) is 6.07 Å². The zero-order valence-electron chi connectivity index (χ0n) is 5.63. The molecule has 0 spiro atoms. The summed E-state index contributed by atoms with van der Waals surface area (Å²) in [6.07, 6.45) is 0.809. The second kappa shape index (κ2) is 2.96. The maximum atomic E-state index is 5.45. The second-order valence-corrected chi connectivity index (χ2v) is 2.70. The average molecular weight is 202 g/mol. The van der Waals surface area contributed by atoms with E-state index in [0.29, 0.717) is 5.82 Å². The van der Waals surface area contributed by atoms with E-state index in [2.05, 4.69) is 25.9 Å². The van der Waals surface area contributed by atoms with E-state index in [0.717, 1.165) is 16.8 Å². The van der Waals surface area contributed by atoms with Crippen molar-refractivity contribution in [1.82, 2.24) is 9.97 Å². The van der Waals surface area contributed by atoms with Crippen LogP contribution in [0.15, 0.2) is 10.7 Å². The molecule has 2 N–H and O–H groups in total. The van der Waals surface area contributed by atoms with Crippen LogP contribution < -0.4 is 5.73 Å². The molecule has 0 saturated carbocycles. The van der Waals surface area contributed by atoms with E-state index < -0.39 is 0 Å². The highest BCUT2D eigenvalue weighted by Crippen LogP contribution is 2.09. The maximum Gasteiger partial charge on any atom is 0.131 e. The van der Waals surface area contributed by atoms with Gasteiger partial charge in [-0.05, 0) is 15.9 Å². The van der Waals surface area contributed by atoms with Gasteiger partial charge in [-0.25, -0.2) is 9.97 Å². The van der Waals surface area contributed by atoms with E-state index in [1.165, 1.54) is 0 Å². The van der Waals surface area contributed by atoms with E-state index in [-0.39, 0.29) is 0 Å². The first-order chi connectivity index (χ1) is 4.72. The standard InChI is InChI=1S/C6H8BrN3/c1-2-6-9-4(7)3-5(8)10-6/h3H,2H2,1H3,(H2,8,9,10). The van der Waals surface area contributed by atoms with E-state index in [4.69, 9.17) is 5.73 Å². The minimum Gasteiger partial charge on any atom is -0.384 e. The van der Waals surface area contributed by atoms with Crippen molar-refractivity contribution in [2.24, 2.45) is 0 Å². The lowest BCUT2D eigenvalue weighted by atomic mass is 10.4. The highest BCUT2D eigenvalue weighted by Gasteiger charge is 1.96. The van der Waals surface area contributed by atoms with Crippen molar-refractivity contribution < 1.29 is 0 Å². The molecule has 0 radical (unpaired) electrons. The van der Waals surface area contributed by atoms with Gasteiger partial charge < -0.3 is 5.73 Å². The lowest BCUT2D eigenvalue weighted by molar-refractivity contribution is 0.933. The Morgan fingerprint density at radius 2 is 2.30 bits per heavy atom. The number of anilines is 1. The highest BCUT2D eigenvalue weighted by molar-refractivity contribution is 9.10. The molecule has 0 fully saturated rings. The van der Waals surface area contributed by atoms with Crippen molar-refractivity contribution >= 4 is 21.7 Å². The van der Waals surface area contributed by atoms with Crippen LogP contribution in [0.3, 0.4) is 0 Å². The van der Waals surface area contributed by atoms with E-state index in [1.807, 2.05) is 6.92 Å². The zero-order chi connectivity index (χ0) is 7.56. The van der Waals surface area contributed by atoms with E-state index in [9.17, 15) is 0 Å². The van der Waals surface area contributed by atoms with Gasteiger partial charge in [0.25, 0.3) is 0 Å². The minimum atomic E-state index is 0.513. The number of hydrogen-bond donors (Lipinski definition) is 1. The molecule has 1 rings (SSSR count). The van der Waals surface area contributed by atoms with Crippen molar-refractivity contribution in [3.63, 3.8) is 0 Å². The first kappa shape index (κ1) is 7.47. The van der Waals surface area contributed by atoms with Gasteiger partial charge in [0.05, 0.1) is 0 Å². The molecule has 0 aliphatic heterocycles. The van der Waals surface area contributed by atoms with Crippen LogP contribution in [-0.4, -0.2) is 9.97 Å². The molecular weight excluding hydrogens is 194 g/mol. The molecule has 54 valence electrons. The first-order valence-electron chi connectivity index (χ1n) is 3.01. The Labute approximate surface area is 67.8 Å². The third-order valence-electron chi connectivity index (χ3n) is 1.08. The Hall–Kier alpha value is -0.640. The molecule has 0 aromatic carbocycles. The summed E-state index contributed by atoms with van der Waals surface area (Å²) in [6.45, 7) is 1.99. The van der Waals surface area contributed by atoms with Crippen molar-refractivity contribution in [1.29, 1.82) is 0 Å². The molecule has 4 heteroatoms. The third-order valence-corrected chi connectivity index (χ3v) is 1.48. The summed E-state index contributed by atoms with van der Waals surface area (Å²) in [7, 11) is 0. The Morgan fingerprint density at radius 1 is 1.60 bits per heavy atom. The lowest BCUT2D eigenvalue weighted by Gasteiger charge is -1.96. The Bertz CT molecular complexity index is 216. The third kappa shape index (κ3) is 1.67. The molecule has 3 nitrogen and oxygen atoms in total. The second-order valence-electron chi connectivity index (χ2n) is 1.89. The topological polar surface area (TPSA) is 51.8 Å². The summed E-state index contributed by atoms with van der Waals surface area (Å²) in [6, 6.07) is 1.68. The van der Waals surface area contributed by atoms with Crippen LogP contribution in [0.4, 0.5) is 5.82 Å². The van der Waals surface area contributed by atoms with Gasteiger partial charge in [-0.15, -0.1) is 0 Å². The van der Waals surface area contributed by atoms with Gasteiger partial charge in [-0.2, -0.15) is 0 Å². The van der Waals surface area contributed by atoms with Crippen molar-refractivity contribution in [3.05, 3.63) is 16.5 Å². The van der Waals surface area contributed by atoms with Crippen LogP contribution in [0.2, 0.25) is 0 Å². The fourth-order valence-corrected chi connectivity index (χ4v) is 1.08. The summed E-state index contributed by atoms with van der Waals surface area (Å²) < 4.78 is 0.747. The SMILES string of the molecule is CCc1nc(N)cc(Br)n1. The number of hydrogen-bond acceptors (Lipinski definition) is 3. The average Bonchev–Trinajstić information content (AvgIpc) is 1.85. The number of nitrogens with zero attached hydrogens (tertiary/aromatic N) is 2. The molecule has 1 aromatic heterocycles. The number of aromatic nitrogens is 2. The molecule has 0 bridgehead atoms. The van der Waals surface area contributed by atoms with Gasteiger partial charge in [-0.1, -0.05) is 6.92 Å². The number of halogens is 1. The van der Waals surface area contributed by atoms with Gasteiger partial charge >= 0.3 is 0 Å². The minimum absolute atomic E-state index is 0.513. The number of aryl methyl sites for hydroxylation is 1. The van der Waals surface area contributed by atoms with Gasteiger partial charge in [0.2, 0.25) is 0 Å². The van der Waals surface area contributed by atoms with Crippen LogP contribution in [-0.2, 0) is 6.42 Å². The van der Waals surface area contributed by atoms with Gasteiger partial charge in [0.1, 0.15) is 16.2 Å². The normalized spacial score (nSPS) is 9.80. The van der Waals surface area contributed by atoms with Crippen LogP contribution in [0.5, 0.6) is 0 Å². The highest BCUT2D eigenvalue weighted by atomic mass is 79.9. The quantitative estimate of drug-likeness (QED) is 0.700. The molecule has 1 heterocycles. The molecule has 1 aromatic rings. The largest absolute Gasteiger partial charge is 0.384 e. The molecular formula is C6H8BrN3. The fourth-order valence-electron chi connectivity index (χ4n) is 0.642. The van der Waals surface area contributed by atoms with Crippen molar-refractivity contribution in [2.75, 3.05) is 5.73 Å². The number of nitrogens with two attached hydrogens (primary N) is 1.